The van der Waals surface area contributed by atoms with Crippen LogP contribution in [0.3, 0.4) is 0 Å². The summed E-state index contributed by atoms with van der Waals surface area (Å²) in [7, 11) is -5.46. The summed E-state index contributed by atoms with van der Waals surface area (Å²) in [6.45, 7) is 3.66. The van der Waals surface area contributed by atoms with Gasteiger partial charge in [-0.25, -0.2) is 0 Å². The van der Waals surface area contributed by atoms with Gasteiger partial charge in [-0.2, -0.15) is 21.6 Å². The van der Waals surface area contributed by atoms with E-state index in [-0.39, 0.29) is 17.1 Å². The average Bonchev–Trinajstić information content (AvgIpc) is 1.52. The Labute approximate surface area is 85.2 Å². The normalized spacial score (nSPS) is 13.7. The van der Waals surface area contributed by atoms with Crippen molar-refractivity contribution in [3.63, 3.8) is 0 Å². The molecule has 8 heteroatoms. The van der Waals surface area contributed by atoms with Crippen molar-refractivity contribution < 1.29 is 42.8 Å². The van der Waals surface area contributed by atoms with Crippen LogP contribution < -0.4 is 0 Å². The van der Waals surface area contributed by atoms with E-state index in [1.165, 1.54) is 20.8 Å². The maximum atomic E-state index is 11.7. The van der Waals surface area contributed by atoms with Gasteiger partial charge < -0.3 is 0 Å². The summed E-state index contributed by atoms with van der Waals surface area (Å²) in [6, 6.07) is 0. The van der Waals surface area contributed by atoms with Gasteiger partial charge in [0.1, 0.15) is 0 Å². The van der Waals surface area contributed by atoms with E-state index < -0.39 is 21.2 Å². The number of halogens is 3. The molecule has 0 aliphatic carbocycles. The molecule has 0 heterocycles. The van der Waals surface area contributed by atoms with Crippen molar-refractivity contribution in [1.29, 1.82) is 0 Å². The molecule has 0 rings (SSSR count). The quantitative estimate of drug-likeness (QED) is 0.413. The van der Waals surface area contributed by atoms with E-state index in [1.54, 1.807) is 0 Å². The average molecular weight is 270 g/mol. The molecule has 13 heavy (non-hydrogen) atoms. The second-order valence-corrected chi connectivity index (χ2v) is 4.63. The van der Waals surface area contributed by atoms with Crippen LogP contribution in [0.25, 0.3) is 0 Å². The molecule has 0 unspecified atom stereocenters. The maximum Gasteiger partial charge on any atom is 0.523 e. The van der Waals surface area contributed by atoms with E-state index >= 15 is 0 Å². The minimum absolute atomic E-state index is 0. The Morgan fingerprint density at radius 2 is 1.38 bits per heavy atom. The van der Waals surface area contributed by atoms with Crippen molar-refractivity contribution in [1.82, 2.24) is 0 Å². The molecule has 0 aliphatic heterocycles. The van der Waals surface area contributed by atoms with Gasteiger partial charge in [-0.05, 0) is 20.8 Å². The van der Waals surface area contributed by atoms with E-state index in [0.29, 0.717) is 0 Å². The van der Waals surface area contributed by atoms with E-state index in [4.69, 9.17) is 0 Å². The van der Waals surface area contributed by atoms with E-state index in [0.717, 1.165) is 0 Å². The summed E-state index contributed by atoms with van der Waals surface area (Å²) in [5.41, 5.74) is -6.71. The molecule has 0 spiro atoms. The molecule has 0 aromatic heterocycles. The van der Waals surface area contributed by atoms with Crippen LogP contribution in [-0.4, -0.2) is 19.5 Å². The van der Waals surface area contributed by atoms with Crippen LogP contribution in [-0.2, 0) is 31.4 Å². The Morgan fingerprint density at radius 3 is 1.46 bits per heavy atom. The third-order valence-corrected chi connectivity index (χ3v) is 1.93. The molecule has 0 aromatic rings. The second-order valence-electron chi connectivity index (χ2n) is 3.10. The summed E-state index contributed by atoms with van der Waals surface area (Å²) in [5, 5.41) is 0. The van der Waals surface area contributed by atoms with Gasteiger partial charge in [0.05, 0.1) is 5.60 Å². The van der Waals surface area contributed by atoms with Gasteiger partial charge in [-0.15, -0.1) is 0 Å². The van der Waals surface area contributed by atoms with Gasteiger partial charge in [0, 0.05) is 17.1 Å². The number of rotatable bonds is 1. The van der Waals surface area contributed by atoms with Gasteiger partial charge in [0.2, 0.25) is 0 Å². The van der Waals surface area contributed by atoms with Crippen molar-refractivity contribution in [2.24, 2.45) is 0 Å². The zero-order valence-corrected chi connectivity index (χ0v) is 8.83. The molecule has 3 nitrogen and oxygen atoms in total. The molecular formula is C5H9CuF3O3S. The fourth-order valence-electron chi connectivity index (χ4n) is 0.376. The van der Waals surface area contributed by atoms with E-state index in [2.05, 4.69) is 4.18 Å². The zero-order chi connectivity index (χ0) is 10.2. The first kappa shape index (κ1) is 15.7. The van der Waals surface area contributed by atoms with Gasteiger partial charge in [0.15, 0.2) is 0 Å². The van der Waals surface area contributed by atoms with Crippen molar-refractivity contribution in [3.8, 4) is 0 Å². The molecule has 1 radical (unpaired) electrons. The Bertz CT molecular complexity index is 251. The first-order valence-electron chi connectivity index (χ1n) is 2.98. The SMILES string of the molecule is CC(C)(C)OS(=O)(=O)C(F)(F)F.[Cu]. The number of alkyl halides is 3. The van der Waals surface area contributed by atoms with Crippen molar-refractivity contribution in [2.75, 3.05) is 0 Å². The van der Waals surface area contributed by atoms with Gasteiger partial charge in [-0.3, -0.25) is 4.18 Å². The smallest absolute Gasteiger partial charge is 0.257 e. The Hall–Kier alpha value is 0.219. The van der Waals surface area contributed by atoms with Gasteiger partial charge >= 0.3 is 15.6 Å². The number of hydrogen-bond donors (Lipinski definition) is 0. The third-order valence-electron chi connectivity index (χ3n) is 0.643. The van der Waals surface area contributed by atoms with Crippen molar-refractivity contribution in [2.45, 2.75) is 31.9 Å². The minimum atomic E-state index is -5.46. The maximum absolute atomic E-state index is 11.7. The predicted molar refractivity (Wildman–Crippen MR) is 35.8 cm³/mol. The Balaban J connectivity index is 0. The van der Waals surface area contributed by atoms with Crippen LogP contribution >= 0.6 is 0 Å². The predicted octanol–water partition coefficient (Wildman–Crippen LogP) is 1.65. The summed E-state index contributed by atoms with van der Waals surface area (Å²) in [5.74, 6) is 0. The number of hydrogen-bond acceptors (Lipinski definition) is 3. The molecule has 0 saturated heterocycles. The molecular weight excluding hydrogens is 261 g/mol. The molecule has 0 atom stereocenters. The van der Waals surface area contributed by atoms with Crippen LogP contribution in [0.4, 0.5) is 13.2 Å². The van der Waals surface area contributed by atoms with E-state index in [9.17, 15) is 21.6 Å². The molecule has 0 aliphatic rings. The first-order chi connectivity index (χ1) is 4.96. The summed E-state index contributed by atoms with van der Waals surface area (Å²) < 4.78 is 59.4. The molecule has 85 valence electrons. The van der Waals surface area contributed by atoms with Gasteiger partial charge in [-0.1, -0.05) is 0 Å². The molecule has 0 aromatic carbocycles. The monoisotopic (exact) mass is 269 g/mol. The van der Waals surface area contributed by atoms with Crippen LogP contribution in [0.5, 0.6) is 0 Å². The Kier molecular flexibility index (Phi) is 5.02. The van der Waals surface area contributed by atoms with Crippen LogP contribution in [0, 0.1) is 0 Å². The van der Waals surface area contributed by atoms with Gasteiger partial charge in [0.25, 0.3) is 0 Å². The van der Waals surface area contributed by atoms with E-state index in [1.807, 2.05) is 0 Å². The van der Waals surface area contributed by atoms with Crippen molar-refractivity contribution in [3.05, 3.63) is 0 Å². The molecule has 0 bridgehead atoms. The second kappa shape index (κ2) is 4.16. The fourth-order valence-corrected chi connectivity index (χ4v) is 1.13. The van der Waals surface area contributed by atoms with Crippen LogP contribution in [0.2, 0.25) is 0 Å². The molecule has 0 amide bonds. The minimum Gasteiger partial charge on any atom is -0.257 e. The largest absolute Gasteiger partial charge is 0.523 e. The Morgan fingerprint density at radius 1 is 1.08 bits per heavy atom. The van der Waals surface area contributed by atoms with Crippen LogP contribution in [0.15, 0.2) is 0 Å². The summed E-state index contributed by atoms with van der Waals surface area (Å²) in [4.78, 5) is 0. The molecule has 0 saturated carbocycles. The topological polar surface area (TPSA) is 43.4 Å². The van der Waals surface area contributed by atoms with Crippen LogP contribution in [0.1, 0.15) is 20.8 Å². The zero-order valence-electron chi connectivity index (χ0n) is 7.07. The first-order valence-corrected chi connectivity index (χ1v) is 4.38. The third kappa shape index (κ3) is 5.51. The molecule has 0 fully saturated rings. The summed E-state index contributed by atoms with van der Waals surface area (Å²) >= 11 is 0. The fraction of sp³-hybridized carbons (Fsp3) is 1.00. The summed E-state index contributed by atoms with van der Waals surface area (Å²) in [6.07, 6.45) is 0. The standard InChI is InChI=1S/C5H9F3O3S.Cu/c1-4(2,3)11-12(9,10)5(6,7)8;/h1-3H3;. The van der Waals surface area contributed by atoms with Crippen molar-refractivity contribution >= 4 is 10.1 Å². The molecule has 0 N–H and O–H groups in total.